The molecule has 114 valence electrons. The zero-order valence-electron chi connectivity index (χ0n) is 12.4. The van der Waals surface area contributed by atoms with Gasteiger partial charge < -0.3 is 15.8 Å². The summed E-state index contributed by atoms with van der Waals surface area (Å²) in [6.07, 6.45) is 4.34. The summed E-state index contributed by atoms with van der Waals surface area (Å²) >= 11 is 0. The molecule has 0 heterocycles. The first kappa shape index (κ1) is 15.5. The first-order chi connectivity index (χ1) is 10.0. The molecular formula is C16H22N2O3. The number of ether oxygens (including phenoxy) is 1. The van der Waals surface area contributed by atoms with Crippen LogP contribution in [0, 0.1) is 0 Å². The van der Waals surface area contributed by atoms with Crippen molar-refractivity contribution in [2.75, 3.05) is 11.9 Å². The SMILES string of the molecule is CCOC(=O)c1ccc(NC(=O)CC2(N)CCCC2)cc1. The third kappa shape index (κ3) is 4.29. The molecule has 0 saturated heterocycles. The normalized spacial score (nSPS) is 16.5. The second kappa shape index (κ2) is 6.72. The highest BCUT2D eigenvalue weighted by Gasteiger charge is 2.31. The second-order valence-electron chi connectivity index (χ2n) is 5.59. The molecule has 0 bridgehead atoms. The molecule has 2 rings (SSSR count). The van der Waals surface area contributed by atoms with Crippen molar-refractivity contribution in [1.82, 2.24) is 0 Å². The van der Waals surface area contributed by atoms with Crippen LogP contribution in [-0.4, -0.2) is 24.0 Å². The Labute approximate surface area is 124 Å². The zero-order chi connectivity index (χ0) is 15.3. The molecule has 3 N–H and O–H groups in total. The standard InChI is InChI=1S/C16H22N2O3/c1-2-21-15(20)12-5-7-13(8-6-12)18-14(19)11-16(17)9-3-4-10-16/h5-8H,2-4,9-11,17H2,1H3,(H,18,19). The summed E-state index contributed by atoms with van der Waals surface area (Å²) in [5.41, 5.74) is 6.97. The summed E-state index contributed by atoms with van der Waals surface area (Å²) in [7, 11) is 0. The monoisotopic (exact) mass is 290 g/mol. The van der Waals surface area contributed by atoms with Gasteiger partial charge in [0.15, 0.2) is 0 Å². The van der Waals surface area contributed by atoms with Crippen LogP contribution in [0.1, 0.15) is 49.4 Å². The molecule has 1 aromatic carbocycles. The van der Waals surface area contributed by atoms with E-state index in [0.717, 1.165) is 25.7 Å². The van der Waals surface area contributed by atoms with Crippen LogP contribution in [0.25, 0.3) is 0 Å². The van der Waals surface area contributed by atoms with Gasteiger partial charge in [0.1, 0.15) is 0 Å². The van der Waals surface area contributed by atoms with Crippen molar-refractivity contribution in [2.45, 2.75) is 44.6 Å². The van der Waals surface area contributed by atoms with E-state index < -0.39 is 0 Å². The summed E-state index contributed by atoms with van der Waals surface area (Å²) < 4.78 is 4.91. The van der Waals surface area contributed by atoms with E-state index in [1.165, 1.54) is 0 Å². The summed E-state index contributed by atoms with van der Waals surface area (Å²) in [5.74, 6) is -0.439. The van der Waals surface area contributed by atoms with Crippen LogP contribution in [0.15, 0.2) is 24.3 Å². The number of nitrogens with two attached hydrogens (primary N) is 1. The quantitative estimate of drug-likeness (QED) is 0.816. The molecule has 1 aliphatic carbocycles. The lowest BCUT2D eigenvalue weighted by atomic mass is 9.94. The van der Waals surface area contributed by atoms with Gasteiger partial charge in [-0.3, -0.25) is 4.79 Å². The number of carbonyl (C=O) groups is 2. The van der Waals surface area contributed by atoms with Crippen LogP contribution in [0.3, 0.4) is 0 Å². The molecule has 1 saturated carbocycles. The maximum atomic E-state index is 12.0. The summed E-state index contributed by atoms with van der Waals surface area (Å²) in [4.78, 5) is 23.5. The van der Waals surface area contributed by atoms with Crippen molar-refractivity contribution in [3.8, 4) is 0 Å². The smallest absolute Gasteiger partial charge is 0.338 e. The molecule has 0 unspecified atom stereocenters. The van der Waals surface area contributed by atoms with E-state index in [1.807, 2.05) is 0 Å². The molecule has 1 amide bonds. The lowest BCUT2D eigenvalue weighted by Gasteiger charge is -2.22. The van der Waals surface area contributed by atoms with E-state index in [4.69, 9.17) is 10.5 Å². The van der Waals surface area contributed by atoms with E-state index in [2.05, 4.69) is 5.32 Å². The minimum atomic E-state index is -0.359. The van der Waals surface area contributed by atoms with Gasteiger partial charge in [-0.05, 0) is 44.0 Å². The van der Waals surface area contributed by atoms with E-state index in [1.54, 1.807) is 31.2 Å². The fraction of sp³-hybridized carbons (Fsp3) is 0.500. The van der Waals surface area contributed by atoms with Crippen LogP contribution < -0.4 is 11.1 Å². The number of hydrogen-bond acceptors (Lipinski definition) is 4. The Bertz CT molecular complexity index is 505. The average Bonchev–Trinajstić information content (AvgIpc) is 2.86. The number of benzene rings is 1. The van der Waals surface area contributed by atoms with E-state index >= 15 is 0 Å². The van der Waals surface area contributed by atoms with E-state index in [-0.39, 0.29) is 17.4 Å². The lowest BCUT2D eigenvalue weighted by Crippen LogP contribution is -2.40. The average molecular weight is 290 g/mol. The molecule has 0 aliphatic heterocycles. The minimum Gasteiger partial charge on any atom is -0.462 e. The molecule has 0 spiro atoms. The van der Waals surface area contributed by atoms with Gasteiger partial charge in [0.25, 0.3) is 0 Å². The Morgan fingerprint density at radius 3 is 2.43 bits per heavy atom. The van der Waals surface area contributed by atoms with Crippen molar-refractivity contribution in [3.05, 3.63) is 29.8 Å². The van der Waals surface area contributed by atoms with Crippen LogP contribution >= 0.6 is 0 Å². The van der Waals surface area contributed by atoms with Crippen LogP contribution in [0.2, 0.25) is 0 Å². The number of anilines is 1. The fourth-order valence-electron chi connectivity index (χ4n) is 2.68. The van der Waals surface area contributed by atoms with Crippen LogP contribution in [0.4, 0.5) is 5.69 Å². The highest BCUT2D eigenvalue weighted by molar-refractivity contribution is 5.93. The predicted octanol–water partition coefficient (Wildman–Crippen LogP) is 2.46. The first-order valence-corrected chi connectivity index (χ1v) is 7.38. The number of nitrogens with one attached hydrogen (secondary N) is 1. The topological polar surface area (TPSA) is 81.4 Å². The highest BCUT2D eigenvalue weighted by Crippen LogP contribution is 2.30. The van der Waals surface area contributed by atoms with Crippen molar-refractivity contribution >= 4 is 17.6 Å². The van der Waals surface area contributed by atoms with Gasteiger partial charge in [-0.15, -0.1) is 0 Å². The zero-order valence-corrected chi connectivity index (χ0v) is 12.4. The van der Waals surface area contributed by atoms with Gasteiger partial charge >= 0.3 is 5.97 Å². The molecule has 0 aromatic heterocycles. The number of amides is 1. The predicted molar refractivity (Wildman–Crippen MR) is 81.0 cm³/mol. The maximum Gasteiger partial charge on any atom is 0.338 e. The third-order valence-corrected chi connectivity index (χ3v) is 3.79. The third-order valence-electron chi connectivity index (χ3n) is 3.79. The number of hydrogen-bond donors (Lipinski definition) is 2. The molecule has 0 radical (unpaired) electrons. The van der Waals surface area contributed by atoms with Crippen LogP contribution in [-0.2, 0) is 9.53 Å². The minimum absolute atomic E-state index is 0.0803. The molecule has 0 atom stereocenters. The number of carbonyl (C=O) groups excluding carboxylic acids is 2. The molecule has 21 heavy (non-hydrogen) atoms. The van der Waals surface area contributed by atoms with Crippen molar-refractivity contribution < 1.29 is 14.3 Å². The van der Waals surface area contributed by atoms with Crippen molar-refractivity contribution in [1.29, 1.82) is 0 Å². The summed E-state index contributed by atoms with van der Waals surface area (Å²) in [5, 5.41) is 2.82. The van der Waals surface area contributed by atoms with Gasteiger partial charge in [-0.25, -0.2) is 4.79 Å². The molecule has 5 nitrogen and oxygen atoms in total. The highest BCUT2D eigenvalue weighted by atomic mass is 16.5. The maximum absolute atomic E-state index is 12.0. The first-order valence-electron chi connectivity index (χ1n) is 7.38. The Kier molecular flexibility index (Phi) is 4.96. The molecule has 1 aromatic rings. The van der Waals surface area contributed by atoms with E-state index in [9.17, 15) is 9.59 Å². The van der Waals surface area contributed by atoms with E-state index in [0.29, 0.717) is 24.3 Å². The molecule has 1 fully saturated rings. The van der Waals surface area contributed by atoms with Crippen LogP contribution in [0.5, 0.6) is 0 Å². The van der Waals surface area contributed by atoms with Gasteiger partial charge in [0.2, 0.25) is 5.91 Å². The largest absolute Gasteiger partial charge is 0.462 e. The van der Waals surface area contributed by atoms with Gasteiger partial charge in [0, 0.05) is 17.6 Å². The Balaban J connectivity index is 1.90. The van der Waals surface area contributed by atoms with Gasteiger partial charge in [0.05, 0.1) is 12.2 Å². The van der Waals surface area contributed by atoms with Crippen molar-refractivity contribution in [3.63, 3.8) is 0 Å². The molecular weight excluding hydrogens is 268 g/mol. The number of esters is 1. The van der Waals surface area contributed by atoms with Crippen molar-refractivity contribution in [2.24, 2.45) is 5.73 Å². The molecule has 1 aliphatic rings. The fourth-order valence-corrected chi connectivity index (χ4v) is 2.68. The Hall–Kier alpha value is -1.88. The lowest BCUT2D eigenvalue weighted by molar-refractivity contribution is -0.117. The van der Waals surface area contributed by atoms with Gasteiger partial charge in [-0.2, -0.15) is 0 Å². The van der Waals surface area contributed by atoms with Gasteiger partial charge in [-0.1, -0.05) is 12.8 Å². The summed E-state index contributed by atoms with van der Waals surface area (Å²) in [6.45, 7) is 2.11. The Morgan fingerprint density at radius 2 is 1.86 bits per heavy atom. The second-order valence-corrected chi connectivity index (χ2v) is 5.59. The Morgan fingerprint density at radius 1 is 1.24 bits per heavy atom. The summed E-state index contributed by atoms with van der Waals surface area (Å²) in [6, 6.07) is 6.67. The molecule has 5 heteroatoms. The number of rotatable bonds is 5.